The molecule has 0 aliphatic carbocycles. The summed E-state index contributed by atoms with van der Waals surface area (Å²) < 4.78 is 352. The number of hydrogen-bond acceptors (Lipinski definition) is 5. The molecule has 0 fully saturated rings. The molecule has 0 spiro atoms. The van der Waals surface area contributed by atoms with Crippen molar-refractivity contribution in [2.45, 2.75) is 96.1 Å². The van der Waals surface area contributed by atoms with Crippen molar-refractivity contribution < 1.29 is 135 Å². The van der Waals surface area contributed by atoms with Crippen molar-refractivity contribution in [1.29, 1.82) is 5.26 Å². The molecule has 78 heavy (non-hydrogen) atoms. The number of benzene rings is 4. The first-order valence-corrected chi connectivity index (χ1v) is 21.3. The monoisotopic (exact) mass is 1250 g/mol. The Kier molecular flexibility index (Phi) is 21.1. The molecular weight excluding hydrogens is 1210 g/mol. The van der Waals surface area contributed by atoms with E-state index >= 15 is 0 Å². The molecule has 2 heterocycles. The van der Waals surface area contributed by atoms with Gasteiger partial charge in [0, 0.05) is 6.92 Å². The second kappa shape index (κ2) is 24.0. The summed E-state index contributed by atoms with van der Waals surface area (Å²) in [5.41, 5.74) is -30.2. The van der Waals surface area contributed by atoms with Gasteiger partial charge in [-0.2, -0.15) is 132 Å². The number of alkyl halides is 24. The molecule has 0 unspecified atom stereocenters. The summed E-state index contributed by atoms with van der Waals surface area (Å²) in [7, 11) is 0. The van der Waals surface area contributed by atoms with Gasteiger partial charge >= 0.3 is 69.8 Å². The van der Waals surface area contributed by atoms with Gasteiger partial charge in [-0.25, -0.2) is 9.98 Å². The van der Waals surface area contributed by atoms with Crippen LogP contribution in [0.15, 0.2) is 82.8 Å². The Morgan fingerprint density at radius 1 is 0.397 bits per heavy atom. The summed E-state index contributed by atoms with van der Waals surface area (Å²) in [6, 6.07) is -6.56. The smallest absolute Gasteiger partial charge is 0.472 e. The molecule has 0 bridgehead atoms. The molecule has 0 radical (unpaired) electrons. The zero-order valence-corrected chi connectivity index (χ0v) is 41.8. The zero-order valence-electron chi connectivity index (χ0n) is 40.3. The number of halogens is 24. The summed E-state index contributed by atoms with van der Waals surface area (Å²) in [5.74, 6) is 2.20. The number of ether oxygens (including phenoxy) is 2. The first kappa shape index (κ1) is 68.5. The van der Waals surface area contributed by atoms with E-state index in [0.29, 0.717) is 36.8 Å². The molecule has 31 heteroatoms. The molecule has 4 aromatic rings. The number of nitrogens with zero attached hydrogens (tertiary/aromatic N) is 3. The van der Waals surface area contributed by atoms with Crippen LogP contribution in [0, 0.1) is 30.6 Å². The van der Waals surface area contributed by atoms with Crippen LogP contribution >= 0.6 is 0 Å². The maximum absolute atomic E-state index is 14.2. The molecule has 0 saturated carbocycles. The van der Waals surface area contributed by atoms with Crippen LogP contribution in [-0.4, -0.2) is 43.2 Å². The van der Waals surface area contributed by atoms with Gasteiger partial charge < -0.3 is 16.9 Å². The summed E-state index contributed by atoms with van der Waals surface area (Å²) in [6.45, 7) is 11.3. The van der Waals surface area contributed by atoms with Crippen LogP contribution in [0.5, 0.6) is 0 Å². The van der Waals surface area contributed by atoms with Crippen LogP contribution in [0.4, 0.5) is 105 Å². The Hall–Kier alpha value is -5.64. The molecule has 0 aromatic heterocycles. The van der Waals surface area contributed by atoms with E-state index in [9.17, 15) is 105 Å². The van der Waals surface area contributed by atoms with Crippen molar-refractivity contribution in [1.82, 2.24) is 0 Å². The van der Waals surface area contributed by atoms with Gasteiger partial charge in [0.25, 0.3) is 11.8 Å². The summed E-state index contributed by atoms with van der Waals surface area (Å²) >= 11 is 0. The van der Waals surface area contributed by atoms with Gasteiger partial charge in [0.1, 0.15) is 19.4 Å². The third kappa shape index (κ3) is 16.2. The summed E-state index contributed by atoms with van der Waals surface area (Å²) in [5, 5.41) is 7.32. The van der Waals surface area contributed by atoms with Gasteiger partial charge in [-0.1, -0.05) is 76.2 Å². The summed E-state index contributed by atoms with van der Waals surface area (Å²) in [4.78, 5) is 9.00. The Morgan fingerprint density at radius 2 is 0.551 bits per heavy atom. The third-order valence-corrected chi connectivity index (χ3v) is 11.5. The Labute approximate surface area is 441 Å². The van der Waals surface area contributed by atoms with Crippen molar-refractivity contribution in [2.24, 2.45) is 21.8 Å². The molecular formula is C47H38BF24N3O2Pd. The maximum atomic E-state index is 14.2. The number of hydrogen-bond donors (Lipinski definition) is 0. The predicted molar refractivity (Wildman–Crippen MR) is 232 cm³/mol. The molecule has 0 N–H and O–H groups in total. The first-order chi connectivity index (χ1) is 34.3. The number of nitriles is 1. The van der Waals surface area contributed by atoms with E-state index in [0.717, 1.165) is 0 Å². The third-order valence-electron chi connectivity index (χ3n) is 11.5. The minimum absolute atomic E-state index is 0. The Balaban J connectivity index is 0.000000832. The molecule has 2 aliphatic rings. The second-order valence-corrected chi connectivity index (χ2v) is 17.6. The quantitative estimate of drug-likeness (QED) is 0.105. The fraction of sp³-hybridized carbons (Fsp3) is 0.404. The van der Waals surface area contributed by atoms with Gasteiger partial charge in [0.15, 0.2) is 0 Å². The second-order valence-electron chi connectivity index (χ2n) is 17.6. The zero-order chi connectivity index (χ0) is 58.3. The molecule has 434 valence electrons. The maximum Gasteiger partial charge on any atom is 2.00 e. The van der Waals surface area contributed by atoms with Crippen LogP contribution in [0.2, 0.25) is 0 Å². The van der Waals surface area contributed by atoms with Gasteiger partial charge in [0.05, 0.1) is 62.7 Å². The van der Waals surface area contributed by atoms with Gasteiger partial charge in [-0.3, -0.25) is 0 Å². The van der Waals surface area contributed by atoms with E-state index in [1.165, 1.54) is 6.92 Å². The van der Waals surface area contributed by atoms with Crippen molar-refractivity contribution in [3.63, 3.8) is 0 Å². The Morgan fingerprint density at radius 3 is 0.667 bits per heavy atom. The van der Waals surface area contributed by atoms with Crippen molar-refractivity contribution in [3.05, 3.63) is 125 Å². The number of aliphatic imine (C=N–C) groups is 2. The van der Waals surface area contributed by atoms with Crippen molar-refractivity contribution in [2.75, 3.05) is 13.2 Å². The topological polar surface area (TPSA) is 67.0 Å². The van der Waals surface area contributed by atoms with Crippen LogP contribution in [0.1, 0.15) is 79.1 Å². The Bertz CT molecular complexity index is 2360. The predicted octanol–water partition coefficient (Wildman–Crippen LogP) is 14.1. The SMILES string of the molecule is CC#N.CC(C)[C@H]1COC(C2=N[C@@H](C(C)C)CO2)=N1.FC(F)(F)c1cc([B-](c2cc(C(F)(F)F)cc(C(F)(F)F)c2)(c2cc(C(F)(F)F)cc(C(F)(F)F)c2)c2cc(C(F)(F)F)cc(C(F)(F)F)c2)cc(C(F)(F)F)c1.[CH3-].[Pd+2]. The van der Waals surface area contributed by atoms with E-state index in [2.05, 4.69) is 37.7 Å². The standard InChI is InChI=1S/C32H12BF24.C12H20N2O2.C2H3N.CH3.Pd/c34-25(35,36)13-1-14(26(37,38)39)6-21(5-13)33(22-7-15(27(40,41)42)2-16(8-22)28(43,44)45,23-9-17(29(46,47)48)3-18(10-23)30(49,50)51)24-11-19(31(52,53)54)4-20(12-24)32(55,56)57;1-7(2)9-5-15-11(13-9)12-14-10(6-16-12)8(3)4;1-2-3;;/h1-12H;7-10H,5-6H2,1-4H3;1H3;1H3;/q-1;;;-1;+2/t;9-,10-;;;/m.1.../s1. The van der Waals surface area contributed by atoms with Crippen LogP contribution in [0.3, 0.4) is 0 Å². The first-order valence-electron chi connectivity index (χ1n) is 21.3. The molecule has 0 saturated heterocycles. The van der Waals surface area contributed by atoms with Crippen molar-refractivity contribution >= 4 is 39.8 Å². The minimum Gasteiger partial charge on any atom is -0.472 e. The number of rotatable bonds is 7. The minimum atomic E-state index is -6.13. The molecule has 5 nitrogen and oxygen atoms in total. The molecule has 2 atom stereocenters. The van der Waals surface area contributed by atoms with Gasteiger partial charge in [-0.15, -0.1) is 0 Å². The van der Waals surface area contributed by atoms with Crippen LogP contribution < -0.4 is 21.9 Å². The fourth-order valence-electron chi connectivity index (χ4n) is 7.77. The molecule has 6 rings (SSSR count). The van der Waals surface area contributed by atoms with E-state index in [1.54, 1.807) is 6.07 Å². The van der Waals surface area contributed by atoms with E-state index < -0.39 is 195 Å². The van der Waals surface area contributed by atoms with Crippen LogP contribution in [-0.2, 0) is 79.3 Å². The van der Waals surface area contributed by atoms with Crippen LogP contribution in [0.25, 0.3) is 0 Å². The molecule has 4 aromatic carbocycles. The summed E-state index contributed by atoms with van der Waals surface area (Å²) in [6.07, 6.45) is -54.8. The largest absolute Gasteiger partial charge is 2.00 e. The normalized spacial score (nSPS) is 16.5. The van der Waals surface area contributed by atoms with E-state index in [4.69, 9.17) is 14.7 Å². The molecule has 2 aliphatic heterocycles. The van der Waals surface area contributed by atoms with Crippen molar-refractivity contribution in [3.8, 4) is 6.07 Å². The fourth-order valence-corrected chi connectivity index (χ4v) is 7.77. The van der Waals surface area contributed by atoms with E-state index in [-0.39, 0.29) is 39.9 Å². The molecule has 0 amide bonds. The van der Waals surface area contributed by atoms with Gasteiger partial charge in [0.2, 0.25) is 0 Å². The average Bonchev–Trinajstić information content (AvgIpc) is 3.96. The van der Waals surface area contributed by atoms with Gasteiger partial charge in [-0.05, 0) is 36.1 Å². The average molecular weight is 1250 g/mol. The van der Waals surface area contributed by atoms with E-state index in [1.807, 2.05) is 0 Å².